The predicted molar refractivity (Wildman–Crippen MR) is 261 cm³/mol. The lowest BCUT2D eigenvalue weighted by Gasteiger charge is -2.64. The zero-order valence-corrected chi connectivity index (χ0v) is 41.3. The molecule has 0 unspecified atom stereocenters. The molecule has 3 aliphatic carbocycles. The number of unbranched alkanes of at least 4 members (excludes halogenated alkanes) is 2. The summed E-state index contributed by atoms with van der Waals surface area (Å²) in [5.74, 6) is -5.51. The van der Waals surface area contributed by atoms with Crippen molar-refractivity contribution in [1.29, 1.82) is 0 Å². The average molecular weight is 942 g/mol. The molecule has 0 spiro atoms. The van der Waals surface area contributed by atoms with E-state index in [-0.39, 0.29) is 67.6 Å². The Hall–Kier alpha value is -4.77. The summed E-state index contributed by atoms with van der Waals surface area (Å²) in [6, 6.07) is 12.1. The number of carboxylic acids is 1. The van der Waals surface area contributed by atoms with Gasteiger partial charge in [-0.2, -0.15) is 0 Å². The van der Waals surface area contributed by atoms with Crippen LogP contribution in [-0.4, -0.2) is 96.2 Å². The molecule has 1 saturated heterocycles. The quantitative estimate of drug-likeness (QED) is 0.0328. The molecule has 2 aromatic rings. The number of carbonyl (C=O) groups excluding carboxylic acids is 6. The Morgan fingerprint density at radius 3 is 2.00 bits per heavy atom. The number of nitrogens with one attached hydrogen (secondary N) is 3. The molecule has 1 heterocycles. The second-order valence-electron chi connectivity index (χ2n) is 20.6. The Bertz CT molecular complexity index is 2100. The first-order valence-corrected chi connectivity index (χ1v) is 24.9. The third-order valence-corrected chi connectivity index (χ3v) is 15.1. The standard InChI is InChI=1S/C52H76BN5O10/c1-8-9-12-34-14-16-35(17-15-34)36-18-20-37(21-19-36)42(59)27-38(30-55)49(64)58-41(22-23-47(62)56-33(4)50(65)66)43(60)25-31(2)48(63)57-40(13-10-11-24-54)44(61)26-32(3)53-67-46-29-39-28-45(51(39,5)6)52(46,7)68-53/h14-21,31-33,38-41,45-46H,8-13,22-30,54-55H2,1-7H3,(H,56,62)(H,57,63)(H,58,64)(H,65,66)/t31-,32-,33-,38+,39+,40+,41+,45+,46-,52+/m1/s1. The van der Waals surface area contributed by atoms with Crippen LogP contribution in [-0.2, 0) is 44.5 Å². The van der Waals surface area contributed by atoms with E-state index in [0.29, 0.717) is 43.2 Å². The van der Waals surface area contributed by atoms with Crippen LogP contribution in [0.2, 0.25) is 5.82 Å². The van der Waals surface area contributed by atoms with Crippen molar-refractivity contribution in [3.8, 4) is 11.1 Å². The van der Waals surface area contributed by atoms with Crippen LogP contribution in [0, 0.1) is 29.1 Å². The van der Waals surface area contributed by atoms with Crippen LogP contribution in [0.5, 0.6) is 0 Å². The van der Waals surface area contributed by atoms with Gasteiger partial charge in [0.05, 0.1) is 29.7 Å². The van der Waals surface area contributed by atoms with Gasteiger partial charge < -0.3 is 41.8 Å². The van der Waals surface area contributed by atoms with Gasteiger partial charge in [-0.25, -0.2) is 0 Å². The fraction of sp³-hybridized carbons (Fsp3) is 0.635. The summed E-state index contributed by atoms with van der Waals surface area (Å²) in [6.07, 6.45) is 5.78. The smallest absolute Gasteiger partial charge is 0.461 e. The highest BCUT2D eigenvalue weighted by molar-refractivity contribution is 6.47. The zero-order chi connectivity index (χ0) is 49.9. The van der Waals surface area contributed by atoms with Crippen LogP contribution in [0.4, 0.5) is 0 Å². The van der Waals surface area contributed by atoms with Crippen molar-refractivity contribution in [3.63, 3.8) is 0 Å². The van der Waals surface area contributed by atoms with Crippen LogP contribution in [0.1, 0.15) is 141 Å². The molecular formula is C52H76BN5O10. The van der Waals surface area contributed by atoms with E-state index < -0.39 is 72.2 Å². The van der Waals surface area contributed by atoms with Crippen molar-refractivity contribution < 1.29 is 48.0 Å². The predicted octanol–water partition coefficient (Wildman–Crippen LogP) is 5.98. The minimum Gasteiger partial charge on any atom is -0.480 e. The monoisotopic (exact) mass is 942 g/mol. The van der Waals surface area contributed by atoms with Gasteiger partial charge in [-0.3, -0.25) is 33.6 Å². The molecule has 68 heavy (non-hydrogen) atoms. The number of carboxylic acid groups (broad SMARTS) is 1. The number of rotatable bonds is 28. The van der Waals surface area contributed by atoms with Crippen molar-refractivity contribution >= 4 is 48.2 Å². The molecule has 4 fully saturated rings. The van der Waals surface area contributed by atoms with Gasteiger partial charge in [-0.05, 0) is 112 Å². The van der Waals surface area contributed by atoms with Gasteiger partial charge >= 0.3 is 13.1 Å². The lowest BCUT2D eigenvalue weighted by Crippen LogP contribution is -2.65. The number of Topliss-reactive ketones (excluding diaryl/α,β-unsaturated/α-hetero) is 3. The van der Waals surface area contributed by atoms with E-state index >= 15 is 0 Å². The number of ketones is 3. The van der Waals surface area contributed by atoms with E-state index in [4.69, 9.17) is 20.8 Å². The third-order valence-electron chi connectivity index (χ3n) is 15.1. The minimum absolute atomic E-state index is 0.0345. The van der Waals surface area contributed by atoms with Gasteiger partial charge in [-0.15, -0.1) is 0 Å². The van der Waals surface area contributed by atoms with E-state index in [2.05, 4.69) is 67.9 Å². The molecule has 0 radical (unpaired) electrons. The maximum atomic E-state index is 14.0. The summed E-state index contributed by atoms with van der Waals surface area (Å²) < 4.78 is 13.1. The Kier molecular flexibility index (Phi) is 19.3. The van der Waals surface area contributed by atoms with E-state index in [1.54, 1.807) is 19.1 Å². The molecule has 15 nitrogen and oxygen atoms in total. The summed E-state index contributed by atoms with van der Waals surface area (Å²) in [6.45, 7) is 13.8. The number of amides is 3. The van der Waals surface area contributed by atoms with E-state index in [9.17, 15) is 38.7 Å². The van der Waals surface area contributed by atoms with Crippen molar-refractivity contribution in [2.75, 3.05) is 13.1 Å². The topological polar surface area (TPSA) is 246 Å². The molecule has 2 aromatic carbocycles. The normalized spacial score (nSPS) is 22.8. The van der Waals surface area contributed by atoms with Crippen molar-refractivity contribution in [1.82, 2.24) is 16.0 Å². The Morgan fingerprint density at radius 2 is 1.40 bits per heavy atom. The molecule has 0 aromatic heterocycles. The molecule has 3 saturated carbocycles. The van der Waals surface area contributed by atoms with Gasteiger partial charge in [0.1, 0.15) is 6.04 Å². The van der Waals surface area contributed by atoms with Crippen molar-refractivity contribution in [2.45, 2.75) is 168 Å². The lowest BCUT2D eigenvalue weighted by atomic mass is 9.43. The van der Waals surface area contributed by atoms with Gasteiger partial charge in [0.2, 0.25) is 17.7 Å². The second kappa shape index (κ2) is 24.2. The number of carbonyl (C=O) groups is 7. The molecule has 16 heteroatoms. The van der Waals surface area contributed by atoms with Gasteiger partial charge in [0, 0.05) is 43.7 Å². The first-order valence-electron chi connectivity index (χ1n) is 24.9. The summed E-state index contributed by atoms with van der Waals surface area (Å²) in [5.41, 5.74) is 15.1. The summed E-state index contributed by atoms with van der Waals surface area (Å²) in [5, 5.41) is 17.2. The maximum Gasteiger partial charge on any atom is 0.461 e. The number of hydrogen-bond donors (Lipinski definition) is 6. The molecule has 2 bridgehead atoms. The lowest BCUT2D eigenvalue weighted by molar-refractivity contribution is -0.199. The number of benzene rings is 2. The van der Waals surface area contributed by atoms with Crippen LogP contribution in [0.25, 0.3) is 11.1 Å². The maximum absolute atomic E-state index is 14.0. The first kappa shape index (κ1) is 54.2. The van der Waals surface area contributed by atoms with Gasteiger partial charge in [0.25, 0.3) is 0 Å². The van der Waals surface area contributed by atoms with Gasteiger partial charge in [0.15, 0.2) is 17.3 Å². The van der Waals surface area contributed by atoms with Gasteiger partial charge in [-0.1, -0.05) is 89.6 Å². The number of nitrogens with two attached hydrogens (primary N) is 2. The average Bonchev–Trinajstić information content (AvgIpc) is 3.68. The number of hydrogen-bond acceptors (Lipinski definition) is 11. The highest BCUT2D eigenvalue weighted by atomic mass is 16.7. The molecule has 3 amide bonds. The van der Waals surface area contributed by atoms with Crippen LogP contribution in [0.15, 0.2) is 48.5 Å². The minimum atomic E-state index is -1.28. The van der Waals surface area contributed by atoms with E-state index in [1.807, 2.05) is 19.1 Å². The molecule has 6 rings (SSSR count). The van der Waals surface area contributed by atoms with Crippen LogP contribution in [0.3, 0.4) is 0 Å². The molecule has 10 atom stereocenters. The summed E-state index contributed by atoms with van der Waals surface area (Å²) in [4.78, 5) is 93.1. The molecule has 8 N–H and O–H groups in total. The fourth-order valence-electron chi connectivity index (χ4n) is 10.3. The van der Waals surface area contributed by atoms with E-state index in [1.165, 1.54) is 12.5 Å². The fourth-order valence-corrected chi connectivity index (χ4v) is 10.3. The van der Waals surface area contributed by atoms with Crippen molar-refractivity contribution in [3.05, 3.63) is 59.7 Å². The largest absolute Gasteiger partial charge is 0.480 e. The first-order chi connectivity index (χ1) is 32.2. The summed E-state index contributed by atoms with van der Waals surface area (Å²) in [7, 11) is -0.560. The highest BCUT2D eigenvalue weighted by Gasteiger charge is 2.68. The molecular weight excluding hydrogens is 865 g/mol. The molecule has 4 aliphatic rings. The molecule has 372 valence electrons. The van der Waals surface area contributed by atoms with E-state index in [0.717, 1.165) is 43.2 Å². The summed E-state index contributed by atoms with van der Waals surface area (Å²) >= 11 is 0. The molecule has 1 aliphatic heterocycles. The Morgan fingerprint density at radius 1 is 0.779 bits per heavy atom. The van der Waals surface area contributed by atoms with Crippen LogP contribution >= 0.6 is 0 Å². The number of aryl methyl sites for hydroxylation is 1. The zero-order valence-electron chi connectivity index (χ0n) is 41.3. The Labute approximate surface area is 402 Å². The SMILES string of the molecule is CCCCc1ccc(-c2ccc(C(=O)C[C@@H](CN)C(=O)N[C@@H](CCC(=O)N[C@H](C)C(=O)O)C(=O)C[C@@H](C)C(=O)N[C@@H](CCCCN)C(=O)C[C@@H](C)B3O[C@@H]4C[C@@H]5C[C@@H](C5(C)C)[C@]4(C)O3)cc2)cc1. The second-order valence-corrected chi connectivity index (χ2v) is 20.6. The number of aliphatic carboxylic acids is 1. The Balaban J connectivity index is 1.21. The van der Waals surface area contributed by atoms with Crippen molar-refractivity contribution in [2.24, 2.45) is 40.6 Å². The third kappa shape index (κ3) is 13.5. The highest BCUT2D eigenvalue weighted by Crippen LogP contribution is 2.66. The van der Waals surface area contributed by atoms with Crippen LogP contribution < -0.4 is 27.4 Å².